The smallest absolute Gasteiger partial charge is 0.415 e. The fourth-order valence-electron chi connectivity index (χ4n) is 3.40. The predicted molar refractivity (Wildman–Crippen MR) is 112 cm³/mol. The van der Waals surface area contributed by atoms with Gasteiger partial charge in [-0.25, -0.2) is 18.0 Å². The lowest BCUT2D eigenvalue weighted by Gasteiger charge is -2.29. The Kier molecular flexibility index (Phi) is 6.15. The highest BCUT2D eigenvalue weighted by atomic mass is 19.1. The highest BCUT2D eigenvalue weighted by molar-refractivity contribution is 5.71. The van der Waals surface area contributed by atoms with Crippen LogP contribution in [0.3, 0.4) is 0 Å². The molecule has 0 fully saturated rings. The number of methoxy groups -OCH3 is 1. The summed E-state index contributed by atoms with van der Waals surface area (Å²) >= 11 is 0. The first-order valence-corrected chi connectivity index (χ1v) is 9.99. The Morgan fingerprint density at radius 3 is 2.00 bits per heavy atom. The van der Waals surface area contributed by atoms with Crippen molar-refractivity contribution >= 4 is 6.09 Å². The first kappa shape index (κ1) is 22.5. The number of ether oxygens (including phenoxy) is 4. The molecule has 1 aliphatic rings. The molecule has 172 valence electrons. The number of fused-ring (bicyclic) bond motifs is 1. The van der Waals surface area contributed by atoms with Gasteiger partial charge >= 0.3 is 11.9 Å². The molecule has 0 saturated carbocycles. The molecule has 6 nitrogen and oxygen atoms in total. The van der Waals surface area contributed by atoms with Crippen molar-refractivity contribution in [2.75, 3.05) is 27.3 Å². The molecule has 0 atom stereocenters. The third kappa shape index (κ3) is 4.19. The Morgan fingerprint density at radius 2 is 1.45 bits per heavy atom. The molecule has 1 aliphatic heterocycles. The van der Waals surface area contributed by atoms with Gasteiger partial charge in [-0.15, -0.1) is 0 Å². The van der Waals surface area contributed by atoms with Crippen LogP contribution in [0.4, 0.5) is 18.0 Å². The summed E-state index contributed by atoms with van der Waals surface area (Å²) in [5.74, 6) is -4.96. The van der Waals surface area contributed by atoms with E-state index in [0.717, 1.165) is 12.1 Å². The first-order chi connectivity index (χ1) is 15.9. The van der Waals surface area contributed by atoms with Gasteiger partial charge in [-0.05, 0) is 24.3 Å². The van der Waals surface area contributed by atoms with Crippen molar-refractivity contribution in [3.8, 4) is 17.2 Å². The van der Waals surface area contributed by atoms with Gasteiger partial charge in [-0.3, -0.25) is 0 Å². The van der Waals surface area contributed by atoms with E-state index in [9.17, 15) is 18.0 Å². The number of hydrogen-bond donors (Lipinski definition) is 0. The molecule has 0 radical (unpaired) electrons. The number of amides is 1. The molecule has 0 bridgehead atoms. The van der Waals surface area contributed by atoms with E-state index in [1.165, 1.54) is 55.5 Å². The van der Waals surface area contributed by atoms with E-state index in [0.29, 0.717) is 0 Å². The molecule has 9 heteroatoms. The number of likely N-dealkylation sites (N-methyl/N-ethyl adjacent to an activating group) is 1. The molecule has 0 N–H and O–H groups in total. The van der Waals surface area contributed by atoms with Crippen molar-refractivity contribution in [2.24, 2.45) is 0 Å². The second-order valence-corrected chi connectivity index (χ2v) is 7.29. The van der Waals surface area contributed by atoms with E-state index in [-0.39, 0.29) is 35.8 Å². The largest absolute Gasteiger partial charge is 0.440 e. The van der Waals surface area contributed by atoms with E-state index < -0.39 is 35.1 Å². The second-order valence-electron chi connectivity index (χ2n) is 7.29. The van der Waals surface area contributed by atoms with Gasteiger partial charge in [0, 0.05) is 32.8 Å². The molecule has 3 aromatic rings. The van der Waals surface area contributed by atoms with Crippen LogP contribution in [-0.4, -0.2) is 38.3 Å². The molecule has 3 aromatic carbocycles. The molecule has 1 amide bonds. The molecule has 0 unspecified atom stereocenters. The summed E-state index contributed by atoms with van der Waals surface area (Å²) in [4.78, 5) is 13.4. The van der Waals surface area contributed by atoms with Crippen LogP contribution in [0.25, 0.3) is 0 Å². The van der Waals surface area contributed by atoms with Crippen LogP contribution >= 0.6 is 0 Å². The van der Waals surface area contributed by atoms with Crippen molar-refractivity contribution in [1.29, 1.82) is 0 Å². The monoisotopic (exact) mass is 459 g/mol. The molecule has 0 aromatic heterocycles. The summed E-state index contributed by atoms with van der Waals surface area (Å²) in [5, 5.41) is 0. The number of carbonyl (C=O) groups excluding carboxylic acids is 1. The molecular weight excluding hydrogens is 439 g/mol. The van der Waals surface area contributed by atoms with Gasteiger partial charge in [0.2, 0.25) is 0 Å². The second kappa shape index (κ2) is 9.03. The maximum absolute atomic E-state index is 14.8. The molecule has 0 aliphatic carbocycles. The lowest BCUT2D eigenvalue weighted by molar-refractivity contribution is -0.0515. The highest BCUT2D eigenvalue weighted by Crippen LogP contribution is 2.50. The summed E-state index contributed by atoms with van der Waals surface area (Å²) in [6, 6.07) is 13.2. The lowest BCUT2D eigenvalue weighted by atomic mass is 9.96. The Labute approximate surface area is 188 Å². The third-order valence-electron chi connectivity index (χ3n) is 5.10. The average Bonchev–Trinajstić information content (AvgIpc) is 3.16. The fraction of sp³-hybridized carbons (Fsp3) is 0.208. The zero-order chi connectivity index (χ0) is 23.6. The first-order valence-electron chi connectivity index (χ1n) is 9.99. The fourth-order valence-corrected chi connectivity index (χ4v) is 3.40. The van der Waals surface area contributed by atoms with Gasteiger partial charge in [0.05, 0.1) is 17.7 Å². The van der Waals surface area contributed by atoms with Gasteiger partial charge in [0.25, 0.3) is 0 Å². The number of halogens is 3. The average molecular weight is 459 g/mol. The standard InChI is InChI=1S/C24H20F3NO5/c1-28(11-12-30-2)23(29)31-20-14-22-21(13-19(20)27)32-24(33-22,15-7-3-5-9-17(15)25)16-8-4-6-10-18(16)26/h3-10,13-14H,11-12H2,1-2H3. The molecular formula is C24H20F3NO5. The van der Waals surface area contributed by atoms with Gasteiger partial charge < -0.3 is 23.8 Å². The Balaban J connectivity index is 1.73. The van der Waals surface area contributed by atoms with Gasteiger partial charge in [0.1, 0.15) is 11.6 Å². The van der Waals surface area contributed by atoms with E-state index >= 15 is 0 Å². The van der Waals surface area contributed by atoms with Gasteiger partial charge in [0.15, 0.2) is 23.1 Å². The Bertz CT molecular complexity index is 1140. The van der Waals surface area contributed by atoms with Crippen molar-refractivity contribution in [3.05, 3.63) is 89.2 Å². The molecule has 4 rings (SSSR count). The van der Waals surface area contributed by atoms with Crippen LogP contribution in [0.1, 0.15) is 11.1 Å². The molecule has 0 spiro atoms. The van der Waals surface area contributed by atoms with Crippen LogP contribution in [0.15, 0.2) is 60.7 Å². The van der Waals surface area contributed by atoms with Crippen LogP contribution in [0.5, 0.6) is 17.2 Å². The summed E-state index contributed by atoms with van der Waals surface area (Å²) < 4.78 is 66.2. The van der Waals surface area contributed by atoms with Crippen molar-refractivity contribution in [1.82, 2.24) is 4.90 Å². The predicted octanol–water partition coefficient (Wildman–Crippen LogP) is 4.85. The van der Waals surface area contributed by atoms with E-state index in [1.54, 1.807) is 12.1 Å². The minimum Gasteiger partial charge on any atom is -0.440 e. The van der Waals surface area contributed by atoms with Crippen molar-refractivity contribution < 1.29 is 36.9 Å². The van der Waals surface area contributed by atoms with Crippen LogP contribution in [-0.2, 0) is 10.5 Å². The highest BCUT2D eigenvalue weighted by Gasteiger charge is 2.49. The molecule has 33 heavy (non-hydrogen) atoms. The third-order valence-corrected chi connectivity index (χ3v) is 5.10. The van der Waals surface area contributed by atoms with Crippen molar-refractivity contribution in [2.45, 2.75) is 5.79 Å². The number of hydrogen-bond acceptors (Lipinski definition) is 5. The maximum Gasteiger partial charge on any atom is 0.415 e. The number of benzene rings is 3. The quantitative estimate of drug-likeness (QED) is 0.527. The topological polar surface area (TPSA) is 57.2 Å². The summed E-state index contributed by atoms with van der Waals surface area (Å²) in [7, 11) is 2.95. The lowest BCUT2D eigenvalue weighted by Crippen LogP contribution is -2.38. The Morgan fingerprint density at radius 1 is 0.909 bits per heavy atom. The van der Waals surface area contributed by atoms with Gasteiger partial charge in [-0.2, -0.15) is 0 Å². The number of carbonyl (C=O) groups is 1. The minimum atomic E-state index is -2.05. The molecule has 1 heterocycles. The summed E-state index contributed by atoms with van der Waals surface area (Å²) in [5.41, 5.74) is -0.214. The SMILES string of the molecule is COCCN(C)C(=O)Oc1cc2c(cc1F)OC(c1ccccc1F)(c1ccccc1F)O2. The minimum absolute atomic E-state index is 0.0507. The van der Waals surface area contributed by atoms with Crippen LogP contribution < -0.4 is 14.2 Å². The summed E-state index contributed by atoms with van der Waals surface area (Å²) in [6.45, 7) is 0.494. The normalized spacial score (nSPS) is 13.6. The zero-order valence-corrected chi connectivity index (χ0v) is 17.8. The van der Waals surface area contributed by atoms with Crippen LogP contribution in [0, 0.1) is 17.5 Å². The van der Waals surface area contributed by atoms with E-state index in [4.69, 9.17) is 18.9 Å². The van der Waals surface area contributed by atoms with Gasteiger partial charge in [-0.1, -0.05) is 24.3 Å². The number of nitrogens with zero attached hydrogens (tertiary/aromatic N) is 1. The van der Waals surface area contributed by atoms with E-state index in [1.807, 2.05) is 0 Å². The summed E-state index contributed by atoms with van der Waals surface area (Å²) in [6.07, 6.45) is -0.820. The van der Waals surface area contributed by atoms with Crippen molar-refractivity contribution in [3.63, 3.8) is 0 Å². The molecule has 0 saturated heterocycles. The zero-order valence-electron chi connectivity index (χ0n) is 17.8. The number of rotatable bonds is 6. The van der Waals surface area contributed by atoms with Crippen LogP contribution in [0.2, 0.25) is 0 Å². The Hall–Kier alpha value is -3.72. The van der Waals surface area contributed by atoms with E-state index in [2.05, 4.69) is 0 Å². The maximum atomic E-state index is 14.8.